The summed E-state index contributed by atoms with van der Waals surface area (Å²) in [4.78, 5) is 28.0. The van der Waals surface area contributed by atoms with Crippen molar-refractivity contribution in [3.05, 3.63) is 66.2 Å². The summed E-state index contributed by atoms with van der Waals surface area (Å²) in [6.45, 7) is 3.16. The molecule has 0 saturated carbocycles. The number of pyridine rings is 1. The molecule has 1 saturated heterocycles. The second-order valence-corrected chi connectivity index (χ2v) is 8.14. The number of fused-ring (bicyclic) bond motifs is 2. The zero-order valence-corrected chi connectivity index (χ0v) is 17.5. The zero-order chi connectivity index (χ0) is 21.5. The Hall–Kier alpha value is -3.78. The SMILES string of the molecule is O=C1Cc2ccc(-c3cn4ccnc4c(Nc4ccc(N5CCOCC5)nc4)n3)cc2C1. The Labute approximate surface area is 184 Å². The van der Waals surface area contributed by atoms with Gasteiger partial charge in [-0.05, 0) is 29.3 Å². The first kappa shape index (κ1) is 18.9. The minimum absolute atomic E-state index is 0.269. The minimum Gasteiger partial charge on any atom is -0.378 e. The van der Waals surface area contributed by atoms with E-state index in [-0.39, 0.29) is 5.78 Å². The molecule has 160 valence electrons. The van der Waals surface area contributed by atoms with Crippen molar-refractivity contribution in [2.75, 3.05) is 36.5 Å². The third-order valence-electron chi connectivity index (χ3n) is 6.00. The van der Waals surface area contributed by atoms with Gasteiger partial charge in [-0.15, -0.1) is 0 Å². The second-order valence-electron chi connectivity index (χ2n) is 8.14. The summed E-state index contributed by atoms with van der Waals surface area (Å²) >= 11 is 0. The molecule has 6 rings (SSSR count). The third kappa shape index (κ3) is 3.48. The molecule has 1 aromatic carbocycles. The Morgan fingerprint density at radius 3 is 2.72 bits per heavy atom. The van der Waals surface area contributed by atoms with Crippen LogP contribution in [0.2, 0.25) is 0 Å². The number of ether oxygens (including phenoxy) is 1. The highest BCUT2D eigenvalue weighted by Gasteiger charge is 2.19. The molecule has 8 nitrogen and oxygen atoms in total. The van der Waals surface area contributed by atoms with Crippen LogP contribution in [0.3, 0.4) is 0 Å². The van der Waals surface area contributed by atoms with Crippen LogP contribution in [0, 0.1) is 0 Å². The molecule has 0 spiro atoms. The van der Waals surface area contributed by atoms with Gasteiger partial charge in [-0.25, -0.2) is 15.0 Å². The van der Waals surface area contributed by atoms with Gasteiger partial charge in [-0.3, -0.25) is 4.79 Å². The molecular formula is C24H22N6O2. The molecule has 1 aliphatic carbocycles. The van der Waals surface area contributed by atoms with Crippen LogP contribution in [0.15, 0.2) is 55.1 Å². The number of hydrogen-bond acceptors (Lipinski definition) is 7. The van der Waals surface area contributed by atoms with E-state index < -0.39 is 0 Å². The molecule has 3 aromatic heterocycles. The number of aromatic nitrogens is 4. The number of Topliss-reactive ketones (excluding diaryl/α,β-unsaturated/α-hetero) is 1. The fourth-order valence-corrected chi connectivity index (χ4v) is 4.34. The molecule has 1 aliphatic heterocycles. The summed E-state index contributed by atoms with van der Waals surface area (Å²) in [5.41, 5.74) is 5.60. The Morgan fingerprint density at radius 2 is 1.88 bits per heavy atom. The van der Waals surface area contributed by atoms with Crippen molar-refractivity contribution < 1.29 is 9.53 Å². The van der Waals surface area contributed by atoms with E-state index in [1.807, 2.05) is 47.3 Å². The molecule has 0 bridgehead atoms. The number of nitrogens with zero attached hydrogens (tertiary/aromatic N) is 5. The molecule has 2 aliphatic rings. The van der Waals surface area contributed by atoms with Crippen molar-refractivity contribution in [2.24, 2.45) is 0 Å². The lowest BCUT2D eigenvalue weighted by atomic mass is 10.0. The van der Waals surface area contributed by atoms with Crippen molar-refractivity contribution in [1.29, 1.82) is 0 Å². The van der Waals surface area contributed by atoms with Gasteiger partial charge in [0.1, 0.15) is 11.6 Å². The van der Waals surface area contributed by atoms with E-state index in [2.05, 4.69) is 26.3 Å². The molecule has 4 aromatic rings. The van der Waals surface area contributed by atoms with Gasteiger partial charge < -0.3 is 19.4 Å². The summed E-state index contributed by atoms with van der Waals surface area (Å²) in [5, 5.41) is 3.38. The predicted octanol–water partition coefficient (Wildman–Crippen LogP) is 3.04. The fourth-order valence-electron chi connectivity index (χ4n) is 4.34. The van der Waals surface area contributed by atoms with Crippen LogP contribution >= 0.6 is 0 Å². The largest absolute Gasteiger partial charge is 0.378 e. The Kier molecular flexibility index (Phi) is 4.57. The zero-order valence-electron chi connectivity index (χ0n) is 17.5. The second kappa shape index (κ2) is 7.72. The molecule has 0 radical (unpaired) electrons. The van der Waals surface area contributed by atoms with E-state index >= 15 is 0 Å². The van der Waals surface area contributed by atoms with Crippen LogP contribution in [0.5, 0.6) is 0 Å². The third-order valence-corrected chi connectivity index (χ3v) is 6.00. The first-order valence-electron chi connectivity index (χ1n) is 10.8. The maximum Gasteiger partial charge on any atom is 0.180 e. The van der Waals surface area contributed by atoms with E-state index in [0.717, 1.165) is 65.8 Å². The Morgan fingerprint density at radius 1 is 1.00 bits per heavy atom. The number of ketones is 1. The highest BCUT2D eigenvalue weighted by atomic mass is 16.5. The van der Waals surface area contributed by atoms with Crippen LogP contribution in [0.25, 0.3) is 16.9 Å². The molecule has 32 heavy (non-hydrogen) atoms. The van der Waals surface area contributed by atoms with Crippen LogP contribution in [-0.2, 0) is 22.4 Å². The standard InChI is InChI=1S/C24H22N6O2/c31-20-12-16-1-2-17(11-18(16)13-20)21-15-30-6-5-25-24(30)23(28-21)27-19-3-4-22(26-14-19)29-7-9-32-10-8-29/h1-6,11,14-15H,7-10,12-13H2,(H,27,28). The van der Waals surface area contributed by atoms with Gasteiger partial charge >= 0.3 is 0 Å². The number of imidazole rings is 1. The number of benzene rings is 1. The van der Waals surface area contributed by atoms with Gasteiger partial charge in [0.15, 0.2) is 11.5 Å². The Balaban J connectivity index is 1.31. The highest BCUT2D eigenvalue weighted by Crippen LogP contribution is 2.29. The van der Waals surface area contributed by atoms with E-state index in [1.165, 1.54) is 0 Å². The van der Waals surface area contributed by atoms with Crippen LogP contribution in [0.1, 0.15) is 11.1 Å². The Bertz CT molecular complexity index is 1310. The van der Waals surface area contributed by atoms with E-state index in [4.69, 9.17) is 9.72 Å². The molecule has 0 atom stereocenters. The summed E-state index contributed by atoms with van der Waals surface area (Å²) in [7, 11) is 0. The van der Waals surface area contributed by atoms with Crippen molar-refractivity contribution in [3.8, 4) is 11.3 Å². The maximum atomic E-state index is 11.8. The molecule has 4 heterocycles. The smallest absolute Gasteiger partial charge is 0.180 e. The fraction of sp³-hybridized carbons (Fsp3) is 0.250. The van der Waals surface area contributed by atoms with Gasteiger partial charge in [0, 0.05) is 50.1 Å². The molecule has 8 heteroatoms. The van der Waals surface area contributed by atoms with Crippen LogP contribution < -0.4 is 10.2 Å². The van der Waals surface area contributed by atoms with E-state index in [0.29, 0.717) is 18.7 Å². The first-order valence-corrected chi connectivity index (χ1v) is 10.8. The number of morpholine rings is 1. The van der Waals surface area contributed by atoms with Crippen molar-refractivity contribution >= 4 is 28.8 Å². The molecule has 0 amide bonds. The van der Waals surface area contributed by atoms with Gasteiger partial charge in [0.2, 0.25) is 0 Å². The monoisotopic (exact) mass is 426 g/mol. The van der Waals surface area contributed by atoms with Gasteiger partial charge in [0.05, 0.1) is 30.8 Å². The maximum absolute atomic E-state index is 11.8. The van der Waals surface area contributed by atoms with Crippen LogP contribution in [0.4, 0.5) is 17.3 Å². The van der Waals surface area contributed by atoms with Crippen LogP contribution in [-0.4, -0.2) is 51.4 Å². The normalized spacial score (nSPS) is 15.9. The molecule has 1 N–H and O–H groups in total. The average Bonchev–Trinajstić information content (AvgIpc) is 3.45. The molecule has 0 unspecified atom stereocenters. The minimum atomic E-state index is 0.269. The van der Waals surface area contributed by atoms with Crippen molar-refractivity contribution in [1.82, 2.24) is 19.4 Å². The lowest BCUT2D eigenvalue weighted by molar-refractivity contribution is -0.117. The summed E-state index contributed by atoms with van der Waals surface area (Å²) in [6.07, 6.45) is 8.48. The quantitative estimate of drug-likeness (QED) is 0.537. The van der Waals surface area contributed by atoms with Gasteiger partial charge in [0.25, 0.3) is 0 Å². The summed E-state index contributed by atoms with van der Waals surface area (Å²) < 4.78 is 7.38. The molecule has 1 fully saturated rings. The number of nitrogens with one attached hydrogen (secondary N) is 1. The van der Waals surface area contributed by atoms with E-state index in [9.17, 15) is 4.79 Å². The van der Waals surface area contributed by atoms with E-state index in [1.54, 1.807) is 6.20 Å². The predicted molar refractivity (Wildman–Crippen MR) is 121 cm³/mol. The lowest BCUT2D eigenvalue weighted by Gasteiger charge is -2.27. The van der Waals surface area contributed by atoms with Crippen molar-refractivity contribution in [3.63, 3.8) is 0 Å². The summed E-state index contributed by atoms with van der Waals surface area (Å²) in [5.74, 6) is 1.87. The molecular weight excluding hydrogens is 404 g/mol. The average molecular weight is 426 g/mol. The van der Waals surface area contributed by atoms with Crippen molar-refractivity contribution in [2.45, 2.75) is 12.8 Å². The number of anilines is 3. The summed E-state index contributed by atoms with van der Waals surface area (Å²) in [6, 6.07) is 10.2. The highest BCUT2D eigenvalue weighted by molar-refractivity contribution is 5.88. The number of rotatable bonds is 4. The number of carbonyl (C=O) groups excluding carboxylic acids is 1. The topological polar surface area (TPSA) is 84.7 Å². The number of hydrogen-bond donors (Lipinski definition) is 1. The number of carbonyl (C=O) groups is 1. The van der Waals surface area contributed by atoms with Gasteiger partial charge in [-0.1, -0.05) is 12.1 Å². The van der Waals surface area contributed by atoms with Gasteiger partial charge in [-0.2, -0.15) is 0 Å². The lowest BCUT2D eigenvalue weighted by Crippen LogP contribution is -2.36. The first-order chi connectivity index (χ1) is 15.7.